The van der Waals surface area contributed by atoms with Crippen LogP contribution in [-0.4, -0.2) is 13.1 Å². The van der Waals surface area contributed by atoms with E-state index in [0.29, 0.717) is 4.88 Å². The van der Waals surface area contributed by atoms with Crippen LogP contribution in [0.5, 0.6) is 0 Å². The first-order chi connectivity index (χ1) is 5.16. The standard InChI is InChI=1S/C6H4I2O2S/c1-10-6(9)5-4(8)3(7)2-11-5/h2H,1H3. The molecule has 0 bridgehead atoms. The van der Waals surface area contributed by atoms with Crippen molar-refractivity contribution in [3.63, 3.8) is 0 Å². The number of carbonyl (C=O) groups excluding carboxylic acids is 1. The zero-order valence-corrected chi connectivity index (χ0v) is 10.7. The second-order valence-corrected chi connectivity index (χ2v) is 4.84. The molecule has 1 rings (SSSR count). The molecule has 1 heterocycles. The number of esters is 1. The smallest absolute Gasteiger partial charge is 0.349 e. The number of halogens is 2. The second-order valence-electron chi connectivity index (χ2n) is 1.72. The monoisotopic (exact) mass is 394 g/mol. The van der Waals surface area contributed by atoms with Crippen molar-refractivity contribution < 1.29 is 9.53 Å². The van der Waals surface area contributed by atoms with E-state index >= 15 is 0 Å². The molecule has 0 fully saturated rings. The quantitative estimate of drug-likeness (QED) is 0.541. The third-order valence-corrected chi connectivity index (χ3v) is 5.81. The van der Waals surface area contributed by atoms with Crippen LogP contribution in [-0.2, 0) is 4.74 Å². The van der Waals surface area contributed by atoms with Crippen LogP contribution in [0.3, 0.4) is 0 Å². The number of hydrogen-bond donors (Lipinski definition) is 0. The Morgan fingerprint density at radius 2 is 2.27 bits per heavy atom. The van der Waals surface area contributed by atoms with Gasteiger partial charge in [-0.3, -0.25) is 0 Å². The number of ether oxygens (including phenoxy) is 1. The van der Waals surface area contributed by atoms with Gasteiger partial charge in [-0.25, -0.2) is 4.79 Å². The molecule has 0 N–H and O–H groups in total. The maximum absolute atomic E-state index is 11.0. The van der Waals surface area contributed by atoms with Crippen LogP contribution >= 0.6 is 56.5 Å². The van der Waals surface area contributed by atoms with Crippen molar-refractivity contribution in [2.75, 3.05) is 7.11 Å². The largest absolute Gasteiger partial charge is 0.465 e. The minimum atomic E-state index is -0.248. The normalized spacial score (nSPS) is 9.73. The van der Waals surface area contributed by atoms with Gasteiger partial charge in [0, 0.05) is 8.95 Å². The van der Waals surface area contributed by atoms with Crippen molar-refractivity contribution in [2.24, 2.45) is 0 Å². The molecule has 0 aromatic carbocycles. The van der Waals surface area contributed by atoms with E-state index in [0.717, 1.165) is 7.14 Å². The molecule has 2 nitrogen and oxygen atoms in total. The summed E-state index contributed by atoms with van der Waals surface area (Å²) >= 11 is 5.75. The van der Waals surface area contributed by atoms with Crippen LogP contribution in [0.15, 0.2) is 5.38 Å². The maximum atomic E-state index is 11.0. The fraction of sp³-hybridized carbons (Fsp3) is 0.167. The maximum Gasteiger partial charge on any atom is 0.349 e. The SMILES string of the molecule is COC(=O)c1scc(I)c1I. The molecule has 0 spiro atoms. The van der Waals surface area contributed by atoms with Crippen molar-refractivity contribution >= 4 is 62.5 Å². The van der Waals surface area contributed by atoms with E-state index < -0.39 is 0 Å². The molecule has 0 radical (unpaired) electrons. The Labute approximate surface area is 95.6 Å². The number of thiophene rings is 1. The lowest BCUT2D eigenvalue weighted by molar-refractivity contribution is 0.0605. The van der Waals surface area contributed by atoms with Crippen molar-refractivity contribution in [1.82, 2.24) is 0 Å². The van der Waals surface area contributed by atoms with Crippen molar-refractivity contribution in [2.45, 2.75) is 0 Å². The summed E-state index contributed by atoms with van der Waals surface area (Å²) in [6.07, 6.45) is 0. The summed E-state index contributed by atoms with van der Waals surface area (Å²) < 4.78 is 6.69. The fourth-order valence-electron chi connectivity index (χ4n) is 0.553. The van der Waals surface area contributed by atoms with E-state index in [1.54, 1.807) is 0 Å². The lowest BCUT2D eigenvalue weighted by atomic mass is 10.5. The molecule has 0 saturated carbocycles. The lowest BCUT2D eigenvalue weighted by Gasteiger charge is -1.94. The first-order valence-corrected chi connectivity index (χ1v) is 5.71. The summed E-state index contributed by atoms with van der Waals surface area (Å²) in [4.78, 5) is 11.7. The molecule has 0 atom stereocenters. The van der Waals surface area contributed by atoms with E-state index in [4.69, 9.17) is 0 Å². The molecule has 0 aliphatic heterocycles. The zero-order chi connectivity index (χ0) is 8.43. The number of methoxy groups -OCH3 is 1. The van der Waals surface area contributed by atoms with Gasteiger partial charge in [-0.2, -0.15) is 0 Å². The third-order valence-electron chi connectivity index (χ3n) is 1.06. The molecule has 0 amide bonds. The van der Waals surface area contributed by atoms with Crippen LogP contribution in [0.25, 0.3) is 0 Å². The molecule has 0 aliphatic rings. The Morgan fingerprint density at radius 3 is 2.64 bits per heavy atom. The number of carbonyl (C=O) groups is 1. The Balaban J connectivity index is 3.04. The first-order valence-electron chi connectivity index (χ1n) is 2.67. The Morgan fingerprint density at radius 1 is 1.64 bits per heavy atom. The van der Waals surface area contributed by atoms with Gasteiger partial charge in [-0.1, -0.05) is 0 Å². The fourth-order valence-corrected chi connectivity index (χ4v) is 3.09. The van der Waals surface area contributed by atoms with Gasteiger partial charge in [0.1, 0.15) is 4.88 Å². The summed E-state index contributed by atoms with van der Waals surface area (Å²) in [6, 6.07) is 0. The van der Waals surface area contributed by atoms with Gasteiger partial charge in [-0.05, 0) is 45.2 Å². The van der Waals surface area contributed by atoms with Crippen LogP contribution < -0.4 is 0 Å². The second kappa shape index (κ2) is 4.04. The highest BCUT2D eigenvalue weighted by atomic mass is 127. The average molecular weight is 394 g/mol. The summed E-state index contributed by atoms with van der Waals surface area (Å²) in [5.41, 5.74) is 0. The topological polar surface area (TPSA) is 26.3 Å². The van der Waals surface area contributed by atoms with E-state index in [-0.39, 0.29) is 5.97 Å². The molecule has 1 aromatic rings. The van der Waals surface area contributed by atoms with Gasteiger partial charge in [0.25, 0.3) is 0 Å². The van der Waals surface area contributed by atoms with Gasteiger partial charge in [0.2, 0.25) is 0 Å². The predicted octanol–water partition coefficient (Wildman–Crippen LogP) is 2.74. The minimum absolute atomic E-state index is 0.248. The first kappa shape index (κ1) is 9.72. The predicted molar refractivity (Wildman–Crippen MR) is 61.1 cm³/mol. The number of rotatable bonds is 1. The molecule has 1 aromatic heterocycles. The molecule has 60 valence electrons. The highest BCUT2D eigenvalue weighted by Crippen LogP contribution is 2.26. The lowest BCUT2D eigenvalue weighted by Crippen LogP contribution is -1.99. The Kier molecular flexibility index (Phi) is 3.56. The molecular formula is C6H4I2O2S. The summed E-state index contributed by atoms with van der Waals surface area (Å²) in [6.45, 7) is 0. The van der Waals surface area contributed by atoms with Crippen LogP contribution in [0, 0.1) is 7.14 Å². The average Bonchev–Trinajstić information content (AvgIpc) is 2.32. The molecule has 0 unspecified atom stereocenters. The van der Waals surface area contributed by atoms with E-state index in [1.165, 1.54) is 18.4 Å². The van der Waals surface area contributed by atoms with Crippen molar-refractivity contribution in [1.29, 1.82) is 0 Å². The molecule has 0 saturated heterocycles. The van der Waals surface area contributed by atoms with Crippen LogP contribution in [0.2, 0.25) is 0 Å². The highest BCUT2D eigenvalue weighted by Gasteiger charge is 2.14. The molecule has 0 aliphatic carbocycles. The molecule has 11 heavy (non-hydrogen) atoms. The van der Waals surface area contributed by atoms with Gasteiger partial charge in [0.05, 0.1) is 10.7 Å². The summed E-state index contributed by atoms with van der Waals surface area (Å²) in [5.74, 6) is -0.248. The summed E-state index contributed by atoms with van der Waals surface area (Å²) in [7, 11) is 1.39. The van der Waals surface area contributed by atoms with Crippen LogP contribution in [0.1, 0.15) is 9.67 Å². The van der Waals surface area contributed by atoms with Crippen molar-refractivity contribution in [3.05, 3.63) is 17.4 Å². The minimum Gasteiger partial charge on any atom is -0.465 e. The van der Waals surface area contributed by atoms with E-state index in [2.05, 4.69) is 49.9 Å². The molecular weight excluding hydrogens is 390 g/mol. The molecule has 5 heteroatoms. The highest BCUT2D eigenvalue weighted by molar-refractivity contribution is 14.1. The third kappa shape index (κ3) is 2.05. The van der Waals surface area contributed by atoms with E-state index in [1.807, 2.05) is 5.38 Å². The zero-order valence-electron chi connectivity index (χ0n) is 5.56. The van der Waals surface area contributed by atoms with Gasteiger partial charge < -0.3 is 4.74 Å². The van der Waals surface area contributed by atoms with Crippen LogP contribution in [0.4, 0.5) is 0 Å². The number of hydrogen-bond acceptors (Lipinski definition) is 3. The van der Waals surface area contributed by atoms with Gasteiger partial charge >= 0.3 is 5.97 Å². The van der Waals surface area contributed by atoms with E-state index in [9.17, 15) is 4.79 Å². The van der Waals surface area contributed by atoms with Gasteiger partial charge in [0.15, 0.2) is 0 Å². The Bertz CT molecular complexity index is 282. The van der Waals surface area contributed by atoms with Crippen molar-refractivity contribution in [3.8, 4) is 0 Å². The Hall–Kier alpha value is 0.630. The van der Waals surface area contributed by atoms with Gasteiger partial charge in [-0.15, -0.1) is 11.3 Å². The summed E-state index contributed by atoms with van der Waals surface area (Å²) in [5, 5.41) is 1.94.